The Balaban J connectivity index is 2.29. The second-order valence-electron chi connectivity index (χ2n) is 7.08. The number of nitrogens with one attached hydrogen (secondary N) is 1. The minimum atomic E-state index is -0.940. The molecule has 2 rings (SSSR count). The molecule has 0 saturated heterocycles. The van der Waals surface area contributed by atoms with Crippen LogP contribution in [0.2, 0.25) is 0 Å². The Hall–Kier alpha value is -3.22. The molecule has 2 aromatic carbocycles. The molecule has 162 valence electrons. The quantitative estimate of drug-likeness (QED) is 0.595. The van der Waals surface area contributed by atoms with Crippen LogP contribution in [-0.4, -0.2) is 39.8 Å². The summed E-state index contributed by atoms with van der Waals surface area (Å²) >= 11 is 0. The Bertz CT molecular complexity index is 825. The average molecular weight is 415 g/mol. The first kappa shape index (κ1) is 23.1. The van der Waals surface area contributed by atoms with Gasteiger partial charge in [-0.3, -0.25) is 4.79 Å². The van der Waals surface area contributed by atoms with Crippen molar-refractivity contribution in [2.24, 2.45) is 5.92 Å². The Labute approximate surface area is 177 Å². The molecule has 1 amide bonds. The zero-order valence-corrected chi connectivity index (χ0v) is 18.1. The molecule has 0 bridgehead atoms. The maximum atomic E-state index is 13.0. The standard InChI is InChI=1S/C23H29NO6/c1-15(2)11-12-30-23(26)20(16-9-7-6-8-10-16)24-22(25)17-13-18(27-3)21(29-5)19(14-17)28-4/h6-10,13-15,20H,11-12H2,1-5H3,(H,24,25). The van der Waals surface area contributed by atoms with Gasteiger partial charge < -0.3 is 24.3 Å². The maximum absolute atomic E-state index is 13.0. The summed E-state index contributed by atoms with van der Waals surface area (Å²) in [5, 5.41) is 2.76. The Morgan fingerprint density at radius 1 is 0.933 bits per heavy atom. The van der Waals surface area contributed by atoms with Crippen LogP contribution in [0.25, 0.3) is 0 Å². The van der Waals surface area contributed by atoms with Crippen molar-refractivity contribution in [1.29, 1.82) is 0 Å². The second kappa shape index (κ2) is 11.1. The number of rotatable bonds is 10. The summed E-state index contributed by atoms with van der Waals surface area (Å²) in [6, 6.07) is 11.1. The van der Waals surface area contributed by atoms with Gasteiger partial charge in [-0.15, -0.1) is 0 Å². The predicted octanol–water partition coefficient (Wildman–Crippen LogP) is 3.77. The number of ether oxygens (including phenoxy) is 4. The van der Waals surface area contributed by atoms with Gasteiger partial charge in [-0.2, -0.15) is 0 Å². The van der Waals surface area contributed by atoms with Crippen molar-refractivity contribution >= 4 is 11.9 Å². The highest BCUT2D eigenvalue weighted by molar-refractivity contribution is 5.98. The van der Waals surface area contributed by atoms with Crippen molar-refractivity contribution in [2.45, 2.75) is 26.3 Å². The molecule has 0 spiro atoms. The Morgan fingerprint density at radius 2 is 1.53 bits per heavy atom. The summed E-state index contributed by atoms with van der Waals surface area (Å²) < 4.78 is 21.3. The van der Waals surface area contributed by atoms with Crippen LogP contribution in [0.5, 0.6) is 17.2 Å². The van der Waals surface area contributed by atoms with Crippen molar-refractivity contribution < 1.29 is 28.5 Å². The fourth-order valence-corrected chi connectivity index (χ4v) is 2.83. The monoisotopic (exact) mass is 415 g/mol. The number of methoxy groups -OCH3 is 3. The lowest BCUT2D eigenvalue weighted by atomic mass is 10.1. The van der Waals surface area contributed by atoms with Gasteiger partial charge in [0.05, 0.1) is 27.9 Å². The van der Waals surface area contributed by atoms with E-state index in [9.17, 15) is 9.59 Å². The van der Waals surface area contributed by atoms with Crippen LogP contribution in [0.3, 0.4) is 0 Å². The first-order valence-electron chi connectivity index (χ1n) is 9.73. The third-order valence-corrected chi connectivity index (χ3v) is 4.51. The number of carbonyl (C=O) groups excluding carboxylic acids is 2. The molecule has 2 aromatic rings. The fourth-order valence-electron chi connectivity index (χ4n) is 2.83. The molecule has 30 heavy (non-hydrogen) atoms. The number of benzene rings is 2. The summed E-state index contributed by atoms with van der Waals surface area (Å²) in [5.41, 5.74) is 0.897. The van der Waals surface area contributed by atoms with Crippen LogP contribution in [-0.2, 0) is 9.53 Å². The van der Waals surface area contributed by atoms with Gasteiger partial charge in [-0.05, 0) is 30.0 Å². The van der Waals surface area contributed by atoms with E-state index in [-0.39, 0.29) is 5.56 Å². The van der Waals surface area contributed by atoms with Gasteiger partial charge in [0.25, 0.3) is 5.91 Å². The first-order valence-corrected chi connectivity index (χ1v) is 9.73. The van der Waals surface area contributed by atoms with Crippen LogP contribution in [0, 0.1) is 5.92 Å². The van der Waals surface area contributed by atoms with E-state index < -0.39 is 17.9 Å². The van der Waals surface area contributed by atoms with Crippen LogP contribution in [0.15, 0.2) is 42.5 Å². The molecule has 1 atom stereocenters. The van der Waals surface area contributed by atoms with Crippen molar-refractivity contribution in [1.82, 2.24) is 5.32 Å². The molecular formula is C23H29NO6. The van der Waals surface area contributed by atoms with Gasteiger partial charge in [0, 0.05) is 5.56 Å². The van der Waals surface area contributed by atoms with Gasteiger partial charge in [-0.25, -0.2) is 4.79 Å². The molecule has 0 radical (unpaired) electrons. The summed E-state index contributed by atoms with van der Waals surface area (Å²) in [6.45, 7) is 4.39. The summed E-state index contributed by atoms with van der Waals surface area (Å²) in [4.78, 5) is 25.7. The highest BCUT2D eigenvalue weighted by atomic mass is 16.5. The maximum Gasteiger partial charge on any atom is 0.333 e. The van der Waals surface area contributed by atoms with Crippen molar-refractivity contribution in [2.75, 3.05) is 27.9 Å². The molecule has 7 nitrogen and oxygen atoms in total. The van der Waals surface area contributed by atoms with Crippen LogP contribution in [0.1, 0.15) is 42.2 Å². The van der Waals surface area contributed by atoms with Gasteiger partial charge in [-0.1, -0.05) is 44.2 Å². The smallest absolute Gasteiger partial charge is 0.333 e. The van der Waals surface area contributed by atoms with E-state index in [1.165, 1.54) is 33.5 Å². The molecule has 0 aliphatic rings. The van der Waals surface area contributed by atoms with Crippen LogP contribution in [0.4, 0.5) is 0 Å². The van der Waals surface area contributed by atoms with E-state index >= 15 is 0 Å². The number of amides is 1. The van der Waals surface area contributed by atoms with Gasteiger partial charge >= 0.3 is 5.97 Å². The second-order valence-corrected chi connectivity index (χ2v) is 7.08. The number of esters is 1. The lowest BCUT2D eigenvalue weighted by Crippen LogP contribution is -2.35. The minimum absolute atomic E-state index is 0.264. The third-order valence-electron chi connectivity index (χ3n) is 4.51. The van der Waals surface area contributed by atoms with E-state index in [1.807, 2.05) is 6.07 Å². The predicted molar refractivity (Wildman–Crippen MR) is 113 cm³/mol. The van der Waals surface area contributed by atoms with Gasteiger partial charge in [0.15, 0.2) is 17.5 Å². The summed E-state index contributed by atoms with van der Waals surface area (Å²) in [7, 11) is 4.43. The molecule has 0 aliphatic carbocycles. The van der Waals surface area contributed by atoms with Crippen LogP contribution < -0.4 is 19.5 Å². The minimum Gasteiger partial charge on any atom is -0.493 e. The summed E-state index contributed by atoms with van der Waals surface area (Å²) in [5.74, 6) is 0.494. The van der Waals surface area contributed by atoms with Gasteiger partial charge in [0.1, 0.15) is 0 Å². The molecule has 0 saturated carbocycles. The highest BCUT2D eigenvalue weighted by Crippen LogP contribution is 2.38. The van der Waals surface area contributed by atoms with Crippen molar-refractivity contribution in [3.63, 3.8) is 0 Å². The third kappa shape index (κ3) is 5.89. The van der Waals surface area contributed by atoms with E-state index in [1.54, 1.807) is 24.3 Å². The highest BCUT2D eigenvalue weighted by Gasteiger charge is 2.26. The van der Waals surface area contributed by atoms with Crippen molar-refractivity contribution in [3.8, 4) is 17.2 Å². The molecule has 7 heteroatoms. The first-order chi connectivity index (χ1) is 14.4. The topological polar surface area (TPSA) is 83.1 Å². The SMILES string of the molecule is COc1cc(C(=O)NC(C(=O)OCCC(C)C)c2ccccc2)cc(OC)c1OC. The van der Waals surface area contributed by atoms with Crippen molar-refractivity contribution in [3.05, 3.63) is 53.6 Å². The van der Waals surface area contributed by atoms with E-state index in [2.05, 4.69) is 19.2 Å². The normalized spacial score (nSPS) is 11.5. The number of hydrogen-bond acceptors (Lipinski definition) is 6. The molecule has 0 aliphatic heterocycles. The average Bonchev–Trinajstić information content (AvgIpc) is 2.76. The van der Waals surface area contributed by atoms with E-state index in [0.29, 0.717) is 35.3 Å². The van der Waals surface area contributed by atoms with E-state index in [0.717, 1.165) is 6.42 Å². The molecular weight excluding hydrogens is 386 g/mol. The lowest BCUT2D eigenvalue weighted by molar-refractivity contribution is -0.146. The molecule has 0 fully saturated rings. The number of carbonyl (C=O) groups is 2. The molecule has 0 heterocycles. The van der Waals surface area contributed by atoms with E-state index in [4.69, 9.17) is 18.9 Å². The Morgan fingerprint density at radius 3 is 2.03 bits per heavy atom. The summed E-state index contributed by atoms with van der Waals surface area (Å²) in [6.07, 6.45) is 0.744. The van der Waals surface area contributed by atoms with Crippen LogP contribution >= 0.6 is 0 Å². The largest absolute Gasteiger partial charge is 0.493 e. The van der Waals surface area contributed by atoms with Gasteiger partial charge in [0.2, 0.25) is 5.75 Å². The number of hydrogen-bond donors (Lipinski definition) is 1. The zero-order valence-electron chi connectivity index (χ0n) is 18.1. The Kier molecular flexibility index (Phi) is 8.53. The molecule has 0 aromatic heterocycles. The lowest BCUT2D eigenvalue weighted by Gasteiger charge is -2.19. The molecule has 1 N–H and O–H groups in total. The fraction of sp³-hybridized carbons (Fsp3) is 0.391. The zero-order chi connectivity index (χ0) is 22.1. The molecule has 1 unspecified atom stereocenters.